The summed E-state index contributed by atoms with van der Waals surface area (Å²) in [5.41, 5.74) is -1.48. The lowest BCUT2D eigenvalue weighted by atomic mass is 9.30. The van der Waals surface area contributed by atoms with E-state index in [9.17, 15) is 25.2 Å². The maximum absolute atomic E-state index is 14.2. The van der Waals surface area contributed by atoms with Crippen LogP contribution in [0.5, 0.6) is 0 Å². The molecule has 0 radical (unpaired) electrons. The van der Waals surface area contributed by atoms with E-state index in [1.54, 1.807) is 0 Å². The van der Waals surface area contributed by atoms with Gasteiger partial charge in [-0.15, -0.1) is 0 Å². The van der Waals surface area contributed by atoms with Crippen LogP contribution in [-0.4, -0.2) is 81.7 Å². The zero-order valence-corrected chi connectivity index (χ0v) is 25.1. The minimum absolute atomic E-state index is 0.00576. The van der Waals surface area contributed by atoms with Gasteiger partial charge in [0, 0.05) is 0 Å². The van der Waals surface area contributed by atoms with Crippen molar-refractivity contribution >= 4 is 5.97 Å². The van der Waals surface area contributed by atoms with E-state index >= 15 is 0 Å². The summed E-state index contributed by atoms with van der Waals surface area (Å²) >= 11 is 0. The highest BCUT2D eigenvalue weighted by Gasteiger charge is 2.78. The van der Waals surface area contributed by atoms with Gasteiger partial charge in [-0.3, -0.25) is 4.79 Å². The first-order valence-corrected chi connectivity index (χ1v) is 15.4. The third kappa shape index (κ3) is 3.49. The molecule has 2 heterocycles. The molecule has 2 bridgehead atoms. The average molecular weight is 567 g/mol. The molecule has 0 aromatic rings. The fourth-order valence-corrected chi connectivity index (χ4v) is 11.0. The topological polar surface area (TPSA) is 135 Å². The largest absolute Gasteiger partial charge is 0.432 e. The van der Waals surface area contributed by atoms with E-state index in [1.807, 2.05) is 20.8 Å². The number of hydrogen-bond donors (Lipinski definition) is 4. The number of aliphatic hydroxyl groups excluding tert-OH is 4. The quantitative estimate of drug-likeness (QED) is 0.380. The van der Waals surface area contributed by atoms with Crippen LogP contribution >= 0.6 is 0 Å². The van der Waals surface area contributed by atoms with Crippen molar-refractivity contribution in [3.8, 4) is 0 Å². The first-order valence-electron chi connectivity index (χ1n) is 15.4. The first kappa shape index (κ1) is 29.3. The summed E-state index contributed by atoms with van der Waals surface area (Å²) in [5.74, 6) is -0.521. The van der Waals surface area contributed by atoms with E-state index in [-0.39, 0.29) is 27.3 Å². The SMILES string of the molecule is CC1(C)OCC2(CC34CCC5(C)C(C)(C(=O)OC6OC(CO)C(O)C(O)C6O)CCCC5(C)C3(C)CCC2C4)O1. The van der Waals surface area contributed by atoms with Gasteiger partial charge in [0.15, 0.2) is 5.79 Å². The van der Waals surface area contributed by atoms with Crippen LogP contribution in [0.15, 0.2) is 0 Å². The molecule has 2 spiro atoms. The normalized spacial score (nSPS) is 57.0. The number of carbonyl (C=O) groups is 1. The summed E-state index contributed by atoms with van der Waals surface area (Å²) in [6.45, 7) is 13.3. The lowest BCUT2D eigenvalue weighted by molar-refractivity contribution is -0.304. The maximum atomic E-state index is 14.2. The van der Waals surface area contributed by atoms with Gasteiger partial charge in [0.25, 0.3) is 0 Å². The highest BCUT2D eigenvalue weighted by atomic mass is 16.8. The van der Waals surface area contributed by atoms with Crippen LogP contribution in [0.1, 0.15) is 99.3 Å². The van der Waals surface area contributed by atoms with Gasteiger partial charge in [-0.25, -0.2) is 0 Å². The summed E-state index contributed by atoms with van der Waals surface area (Å²) in [4.78, 5) is 14.2. The zero-order chi connectivity index (χ0) is 29.1. The summed E-state index contributed by atoms with van der Waals surface area (Å²) in [6, 6.07) is 0. The second-order valence-corrected chi connectivity index (χ2v) is 15.5. The van der Waals surface area contributed by atoms with Crippen LogP contribution in [-0.2, 0) is 23.7 Å². The van der Waals surface area contributed by atoms with Crippen molar-refractivity contribution in [3.05, 3.63) is 0 Å². The molecule has 9 heteroatoms. The Labute approximate surface area is 237 Å². The molecule has 12 atom stereocenters. The Morgan fingerprint density at radius 2 is 1.60 bits per heavy atom. The van der Waals surface area contributed by atoms with Gasteiger partial charge in [0.05, 0.1) is 24.2 Å². The van der Waals surface area contributed by atoms with Gasteiger partial charge in [0.2, 0.25) is 6.29 Å². The molecule has 4 aliphatic carbocycles. The molecule has 40 heavy (non-hydrogen) atoms. The van der Waals surface area contributed by atoms with Crippen molar-refractivity contribution in [2.75, 3.05) is 13.2 Å². The van der Waals surface area contributed by atoms with E-state index in [1.165, 1.54) is 0 Å². The second-order valence-electron chi connectivity index (χ2n) is 15.5. The molecular formula is C31H50O9. The number of rotatable bonds is 3. The van der Waals surface area contributed by atoms with Crippen molar-refractivity contribution in [1.82, 2.24) is 0 Å². The number of fused-ring (bicyclic) bond motifs is 4. The van der Waals surface area contributed by atoms with Crippen LogP contribution in [0.2, 0.25) is 0 Å². The van der Waals surface area contributed by atoms with E-state index in [2.05, 4.69) is 20.8 Å². The Morgan fingerprint density at radius 3 is 2.25 bits per heavy atom. The van der Waals surface area contributed by atoms with E-state index in [0.29, 0.717) is 18.9 Å². The molecule has 0 aromatic heterocycles. The minimum Gasteiger partial charge on any atom is -0.432 e. The monoisotopic (exact) mass is 566 g/mol. The summed E-state index contributed by atoms with van der Waals surface area (Å²) < 4.78 is 24.3. The molecule has 6 fully saturated rings. The van der Waals surface area contributed by atoms with E-state index in [0.717, 1.165) is 51.4 Å². The van der Waals surface area contributed by atoms with E-state index in [4.69, 9.17) is 18.9 Å². The van der Waals surface area contributed by atoms with Gasteiger partial charge in [-0.05, 0) is 99.7 Å². The van der Waals surface area contributed by atoms with Gasteiger partial charge in [-0.2, -0.15) is 0 Å². The van der Waals surface area contributed by atoms with E-state index < -0.39 is 54.5 Å². The fraction of sp³-hybridized carbons (Fsp3) is 0.968. The number of hydrogen-bond acceptors (Lipinski definition) is 9. The molecule has 4 saturated carbocycles. The van der Waals surface area contributed by atoms with Crippen molar-refractivity contribution in [2.24, 2.45) is 33.0 Å². The van der Waals surface area contributed by atoms with Crippen LogP contribution in [0.4, 0.5) is 0 Å². The van der Waals surface area contributed by atoms with Crippen molar-refractivity contribution in [2.45, 2.75) is 141 Å². The van der Waals surface area contributed by atoms with Crippen molar-refractivity contribution in [3.63, 3.8) is 0 Å². The summed E-state index contributed by atoms with van der Waals surface area (Å²) in [6.07, 6.45) is 1.52. The van der Waals surface area contributed by atoms with Gasteiger partial charge >= 0.3 is 5.97 Å². The number of ether oxygens (including phenoxy) is 4. The zero-order valence-electron chi connectivity index (χ0n) is 25.1. The van der Waals surface area contributed by atoms with Gasteiger partial charge < -0.3 is 39.4 Å². The average Bonchev–Trinajstić information content (AvgIpc) is 3.35. The lowest BCUT2D eigenvalue weighted by Crippen LogP contribution is -2.69. The van der Waals surface area contributed by atoms with Crippen LogP contribution in [0.3, 0.4) is 0 Å². The van der Waals surface area contributed by atoms with Crippen molar-refractivity contribution < 1.29 is 44.2 Å². The van der Waals surface area contributed by atoms with Crippen LogP contribution in [0, 0.1) is 33.0 Å². The fourth-order valence-electron chi connectivity index (χ4n) is 11.0. The molecule has 6 aliphatic rings. The third-order valence-electron chi connectivity index (χ3n) is 13.9. The predicted octanol–water partition coefficient (Wildman–Crippen LogP) is 3.04. The summed E-state index contributed by atoms with van der Waals surface area (Å²) in [7, 11) is 0. The smallest absolute Gasteiger partial charge is 0.314 e. The molecule has 228 valence electrons. The molecule has 4 N–H and O–H groups in total. The van der Waals surface area contributed by atoms with Gasteiger partial charge in [0.1, 0.15) is 24.4 Å². The third-order valence-corrected chi connectivity index (χ3v) is 13.9. The molecule has 6 rings (SSSR count). The molecule has 2 saturated heterocycles. The summed E-state index contributed by atoms with van der Waals surface area (Å²) in [5, 5.41) is 40.6. The first-order chi connectivity index (χ1) is 18.5. The highest BCUT2D eigenvalue weighted by Crippen LogP contribution is 2.82. The number of esters is 1. The van der Waals surface area contributed by atoms with Gasteiger partial charge in [-0.1, -0.05) is 27.2 Å². The van der Waals surface area contributed by atoms with Crippen LogP contribution < -0.4 is 0 Å². The van der Waals surface area contributed by atoms with Crippen LogP contribution in [0.25, 0.3) is 0 Å². The molecule has 0 amide bonds. The molecule has 12 unspecified atom stereocenters. The predicted molar refractivity (Wildman–Crippen MR) is 144 cm³/mol. The maximum Gasteiger partial charge on any atom is 0.314 e. The van der Waals surface area contributed by atoms with Crippen molar-refractivity contribution in [1.29, 1.82) is 0 Å². The molecule has 9 nitrogen and oxygen atoms in total. The molecule has 0 aromatic carbocycles. The molecular weight excluding hydrogens is 516 g/mol. The minimum atomic E-state index is -1.61. The number of aliphatic hydroxyl groups is 4. The molecule has 2 aliphatic heterocycles. The Hall–Kier alpha value is -0.810. The lowest BCUT2D eigenvalue weighted by Gasteiger charge is -2.73. The highest BCUT2D eigenvalue weighted by molar-refractivity contribution is 5.78. The standard InChI is InChI=1S/C31H50O9/c1-25(2)37-17-31(40-25)16-30-13-12-27(4)26(3,9-7-10-28(27,5)29(30,6)11-8-18(31)14-30)24(36)39-23-22(35)21(34)20(33)19(15-32)38-23/h18-23,32-35H,7-17H2,1-6H3. The second kappa shape index (κ2) is 8.87. The Bertz CT molecular complexity index is 1050. The Balaban J connectivity index is 1.31. The Kier molecular flexibility index (Phi) is 6.49. The number of carbonyl (C=O) groups excluding carboxylic acids is 1. The Morgan fingerprint density at radius 1 is 0.875 bits per heavy atom.